The SMILES string of the molecule is C=Cc1ccc(P(=O)(OCCCCCCCC)OCCCCCCCC)cc1. The lowest BCUT2D eigenvalue weighted by molar-refractivity contribution is 0.206. The third kappa shape index (κ3) is 10.6. The molecule has 0 atom stereocenters. The Morgan fingerprint density at radius 3 is 1.61 bits per heavy atom. The lowest BCUT2D eigenvalue weighted by Crippen LogP contribution is -2.12. The van der Waals surface area contributed by atoms with Crippen molar-refractivity contribution in [3.63, 3.8) is 0 Å². The lowest BCUT2D eigenvalue weighted by atomic mass is 10.1. The van der Waals surface area contributed by atoms with E-state index < -0.39 is 7.60 Å². The van der Waals surface area contributed by atoms with Crippen molar-refractivity contribution < 1.29 is 13.6 Å². The summed E-state index contributed by atoms with van der Waals surface area (Å²) in [5.74, 6) is 0. The number of unbranched alkanes of at least 4 members (excludes halogenated alkanes) is 10. The van der Waals surface area contributed by atoms with E-state index in [2.05, 4.69) is 20.4 Å². The summed E-state index contributed by atoms with van der Waals surface area (Å²) in [7, 11) is -3.26. The Morgan fingerprint density at radius 1 is 0.750 bits per heavy atom. The third-order valence-corrected chi connectivity index (χ3v) is 6.94. The van der Waals surface area contributed by atoms with Crippen LogP contribution < -0.4 is 5.30 Å². The maximum Gasteiger partial charge on any atom is 0.361 e. The molecule has 3 nitrogen and oxygen atoms in total. The second kappa shape index (κ2) is 16.0. The minimum Gasteiger partial charge on any atom is -0.305 e. The zero-order valence-corrected chi connectivity index (χ0v) is 19.1. The van der Waals surface area contributed by atoms with Crippen LogP contribution in [-0.4, -0.2) is 13.2 Å². The van der Waals surface area contributed by atoms with Crippen molar-refractivity contribution in [3.05, 3.63) is 36.4 Å². The monoisotopic (exact) mass is 408 g/mol. The van der Waals surface area contributed by atoms with E-state index in [1.54, 1.807) is 6.08 Å². The molecule has 0 aliphatic carbocycles. The molecule has 0 aromatic heterocycles. The highest BCUT2D eigenvalue weighted by molar-refractivity contribution is 7.62. The summed E-state index contributed by atoms with van der Waals surface area (Å²) >= 11 is 0. The number of hydrogen-bond acceptors (Lipinski definition) is 3. The van der Waals surface area contributed by atoms with Crippen molar-refractivity contribution in [2.45, 2.75) is 90.9 Å². The van der Waals surface area contributed by atoms with Gasteiger partial charge in [0.25, 0.3) is 0 Å². The van der Waals surface area contributed by atoms with E-state index in [0.29, 0.717) is 18.5 Å². The molecule has 0 aliphatic heterocycles. The van der Waals surface area contributed by atoms with Crippen LogP contribution in [0.3, 0.4) is 0 Å². The van der Waals surface area contributed by atoms with Gasteiger partial charge in [0, 0.05) is 0 Å². The first-order valence-electron chi connectivity index (χ1n) is 11.3. The summed E-state index contributed by atoms with van der Waals surface area (Å²) in [6, 6.07) is 7.52. The molecule has 0 spiro atoms. The Kier molecular flexibility index (Phi) is 14.3. The number of benzene rings is 1. The minimum atomic E-state index is -3.26. The molecule has 0 heterocycles. The zero-order chi connectivity index (χ0) is 20.5. The standard InChI is InChI=1S/C24H41O3P/c1-4-7-9-11-13-15-21-26-28(25,24-19-17-23(6-3)18-20-24)27-22-16-14-12-10-8-5-2/h6,17-20H,3-5,7-16,21-22H2,1-2H3. The number of rotatable bonds is 18. The van der Waals surface area contributed by atoms with Crippen LogP contribution in [0.5, 0.6) is 0 Å². The van der Waals surface area contributed by atoms with Crippen LogP contribution in [0, 0.1) is 0 Å². The summed E-state index contributed by atoms with van der Waals surface area (Å²) in [5, 5.41) is 0.648. The summed E-state index contributed by atoms with van der Waals surface area (Å²) in [4.78, 5) is 0. The van der Waals surface area contributed by atoms with Crippen molar-refractivity contribution in [1.82, 2.24) is 0 Å². The van der Waals surface area contributed by atoms with E-state index in [9.17, 15) is 4.57 Å². The average molecular weight is 409 g/mol. The number of hydrogen-bond donors (Lipinski definition) is 0. The Morgan fingerprint density at radius 2 is 1.18 bits per heavy atom. The molecule has 0 N–H and O–H groups in total. The van der Waals surface area contributed by atoms with E-state index in [0.717, 1.165) is 31.2 Å². The van der Waals surface area contributed by atoms with E-state index in [1.165, 1.54) is 51.4 Å². The topological polar surface area (TPSA) is 35.5 Å². The van der Waals surface area contributed by atoms with Crippen molar-refractivity contribution >= 4 is 19.0 Å². The van der Waals surface area contributed by atoms with Crippen LogP contribution in [-0.2, 0) is 13.6 Å². The highest BCUT2D eigenvalue weighted by Gasteiger charge is 2.27. The summed E-state index contributed by atoms with van der Waals surface area (Å²) in [5.41, 5.74) is 1.00. The fourth-order valence-electron chi connectivity index (χ4n) is 3.11. The molecule has 1 rings (SSSR count). The first-order valence-corrected chi connectivity index (χ1v) is 12.8. The van der Waals surface area contributed by atoms with E-state index in [-0.39, 0.29) is 0 Å². The molecule has 0 saturated carbocycles. The van der Waals surface area contributed by atoms with E-state index in [4.69, 9.17) is 9.05 Å². The van der Waals surface area contributed by atoms with Gasteiger partial charge in [0.1, 0.15) is 0 Å². The third-order valence-electron chi connectivity index (χ3n) is 4.96. The van der Waals surface area contributed by atoms with Gasteiger partial charge in [-0.15, -0.1) is 0 Å². The van der Waals surface area contributed by atoms with Crippen LogP contribution in [0.15, 0.2) is 30.8 Å². The molecule has 160 valence electrons. The molecule has 1 aromatic carbocycles. The smallest absolute Gasteiger partial charge is 0.305 e. The van der Waals surface area contributed by atoms with Gasteiger partial charge < -0.3 is 9.05 Å². The molecule has 0 unspecified atom stereocenters. The van der Waals surface area contributed by atoms with Gasteiger partial charge in [-0.1, -0.05) is 103 Å². The van der Waals surface area contributed by atoms with Crippen molar-refractivity contribution in [3.8, 4) is 0 Å². The fraction of sp³-hybridized carbons (Fsp3) is 0.667. The molecule has 28 heavy (non-hydrogen) atoms. The fourth-order valence-corrected chi connectivity index (χ4v) is 4.74. The highest BCUT2D eigenvalue weighted by atomic mass is 31.2. The molecular weight excluding hydrogens is 367 g/mol. The van der Waals surface area contributed by atoms with Crippen LogP contribution in [0.25, 0.3) is 6.08 Å². The maximum absolute atomic E-state index is 13.4. The van der Waals surface area contributed by atoms with Crippen molar-refractivity contribution in [2.24, 2.45) is 0 Å². The van der Waals surface area contributed by atoms with Gasteiger partial charge in [0.05, 0.1) is 18.5 Å². The molecular formula is C24H41O3P. The predicted octanol–water partition coefficient (Wildman–Crippen LogP) is 7.90. The minimum absolute atomic E-state index is 0.489. The molecule has 0 radical (unpaired) electrons. The first kappa shape index (κ1) is 25.1. The predicted molar refractivity (Wildman–Crippen MR) is 122 cm³/mol. The average Bonchev–Trinajstić information content (AvgIpc) is 2.72. The van der Waals surface area contributed by atoms with Gasteiger partial charge in [-0.25, -0.2) is 0 Å². The van der Waals surface area contributed by atoms with Crippen molar-refractivity contribution in [1.29, 1.82) is 0 Å². The molecule has 0 saturated heterocycles. The second-order valence-electron chi connectivity index (χ2n) is 7.50. The van der Waals surface area contributed by atoms with Crippen LogP contribution in [0.2, 0.25) is 0 Å². The van der Waals surface area contributed by atoms with Crippen LogP contribution in [0.4, 0.5) is 0 Å². The van der Waals surface area contributed by atoms with Crippen molar-refractivity contribution in [2.75, 3.05) is 13.2 Å². The van der Waals surface area contributed by atoms with Gasteiger partial charge in [0.2, 0.25) is 0 Å². The maximum atomic E-state index is 13.4. The largest absolute Gasteiger partial charge is 0.361 e. The molecule has 0 fully saturated rings. The molecule has 0 amide bonds. The van der Waals surface area contributed by atoms with E-state index in [1.807, 2.05) is 24.3 Å². The van der Waals surface area contributed by atoms with Gasteiger partial charge >= 0.3 is 7.60 Å². The van der Waals surface area contributed by atoms with Crippen LogP contribution >= 0.6 is 7.60 Å². The van der Waals surface area contributed by atoms with Gasteiger partial charge in [-0.05, 0) is 30.5 Å². The normalized spacial score (nSPS) is 11.6. The van der Waals surface area contributed by atoms with Crippen LogP contribution in [0.1, 0.15) is 96.5 Å². The Bertz CT molecular complexity index is 531. The lowest BCUT2D eigenvalue weighted by Gasteiger charge is -2.19. The highest BCUT2D eigenvalue weighted by Crippen LogP contribution is 2.47. The molecule has 0 bridgehead atoms. The summed E-state index contributed by atoms with van der Waals surface area (Å²) in [6.07, 6.45) is 15.9. The Labute approximate surface area is 173 Å². The molecule has 4 heteroatoms. The Hall–Kier alpha value is -0.890. The van der Waals surface area contributed by atoms with Gasteiger partial charge in [0.15, 0.2) is 0 Å². The quantitative estimate of drug-likeness (QED) is 0.183. The van der Waals surface area contributed by atoms with Gasteiger partial charge in [-0.2, -0.15) is 0 Å². The molecule has 0 aliphatic rings. The summed E-state index contributed by atoms with van der Waals surface area (Å²) in [6.45, 7) is 9.19. The summed E-state index contributed by atoms with van der Waals surface area (Å²) < 4.78 is 25.1. The second-order valence-corrected chi connectivity index (χ2v) is 9.52. The van der Waals surface area contributed by atoms with E-state index >= 15 is 0 Å². The first-order chi connectivity index (χ1) is 13.7. The Balaban J connectivity index is 2.51. The molecule has 1 aromatic rings. The van der Waals surface area contributed by atoms with Gasteiger partial charge in [-0.3, -0.25) is 4.57 Å². The zero-order valence-electron chi connectivity index (χ0n) is 18.2.